The summed E-state index contributed by atoms with van der Waals surface area (Å²) in [6, 6.07) is 3.57. The molecule has 15 heavy (non-hydrogen) atoms. The van der Waals surface area contributed by atoms with Gasteiger partial charge >= 0.3 is 0 Å². The smallest absolute Gasteiger partial charge is 0.154 e. The zero-order valence-corrected chi connectivity index (χ0v) is 9.54. The monoisotopic (exact) mass is 227 g/mol. The molecule has 0 saturated heterocycles. The molecule has 0 unspecified atom stereocenters. The number of aromatic nitrogens is 1. The number of nitrogens with zero attached hydrogens (tertiary/aromatic N) is 1. The topological polar surface area (TPSA) is 64.1 Å². The molecule has 82 valence electrons. The molecule has 4 nitrogen and oxygen atoms in total. The predicted molar refractivity (Wildman–Crippen MR) is 57.4 cm³/mol. The molecule has 0 saturated carbocycles. The molecule has 0 aliphatic rings. The van der Waals surface area contributed by atoms with Crippen LogP contribution in [0.4, 0.5) is 0 Å². The van der Waals surface area contributed by atoms with Crippen LogP contribution in [0.1, 0.15) is 11.3 Å². The highest BCUT2D eigenvalue weighted by molar-refractivity contribution is 7.91. The number of Topliss-reactive ketones (excluding diaryl/α,β-unsaturated/α-hetero) is 1. The van der Waals surface area contributed by atoms with Gasteiger partial charge in [0.2, 0.25) is 0 Å². The molecule has 1 heterocycles. The van der Waals surface area contributed by atoms with Crippen molar-refractivity contribution in [2.45, 2.75) is 13.3 Å². The summed E-state index contributed by atoms with van der Waals surface area (Å²) in [5.41, 5.74) is 1.61. The maximum Gasteiger partial charge on any atom is 0.154 e. The lowest BCUT2D eigenvalue weighted by molar-refractivity contribution is -0.116. The quantitative estimate of drug-likeness (QED) is 0.753. The standard InChI is InChI=1S/C10H13NO3S/c1-8-3-4-9(11-6-8)5-10(12)7-15(2,13)14/h3-4,6H,5,7H2,1-2H3. The van der Waals surface area contributed by atoms with Crippen LogP contribution in [0, 0.1) is 6.92 Å². The van der Waals surface area contributed by atoms with E-state index in [1.165, 1.54) is 0 Å². The number of rotatable bonds is 4. The summed E-state index contributed by atoms with van der Waals surface area (Å²) in [5, 5.41) is 0. The van der Waals surface area contributed by atoms with Crippen LogP contribution in [0.25, 0.3) is 0 Å². The van der Waals surface area contributed by atoms with Gasteiger partial charge in [-0.25, -0.2) is 8.42 Å². The number of aryl methyl sites for hydroxylation is 1. The van der Waals surface area contributed by atoms with Crippen LogP contribution in [-0.4, -0.2) is 31.2 Å². The zero-order chi connectivity index (χ0) is 11.5. The van der Waals surface area contributed by atoms with Crippen molar-refractivity contribution in [3.63, 3.8) is 0 Å². The molecule has 0 aromatic carbocycles. The van der Waals surface area contributed by atoms with E-state index in [9.17, 15) is 13.2 Å². The molecule has 0 N–H and O–H groups in total. The Balaban J connectivity index is 2.63. The summed E-state index contributed by atoms with van der Waals surface area (Å²) in [6.07, 6.45) is 2.78. The van der Waals surface area contributed by atoms with Gasteiger partial charge in [-0.15, -0.1) is 0 Å². The number of ketones is 1. The molecule has 1 aromatic heterocycles. The lowest BCUT2D eigenvalue weighted by Crippen LogP contribution is -2.16. The van der Waals surface area contributed by atoms with Crippen LogP contribution in [0.5, 0.6) is 0 Å². The van der Waals surface area contributed by atoms with Crippen molar-refractivity contribution in [2.24, 2.45) is 0 Å². The van der Waals surface area contributed by atoms with E-state index in [4.69, 9.17) is 0 Å². The number of carbonyl (C=O) groups is 1. The van der Waals surface area contributed by atoms with E-state index in [1.807, 2.05) is 13.0 Å². The largest absolute Gasteiger partial charge is 0.298 e. The first-order valence-electron chi connectivity index (χ1n) is 4.48. The molecule has 0 amide bonds. The second kappa shape index (κ2) is 4.53. The summed E-state index contributed by atoms with van der Waals surface area (Å²) in [4.78, 5) is 15.3. The van der Waals surface area contributed by atoms with E-state index >= 15 is 0 Å². The van der Waals surface area contributed by atoms with Crippen molar-refractivity contribution >= 4 is 15.6 Å². The fourth-order valence-electron chi connectivity index (χ4n) is 1.15. The van der Waals surface area contributed by atoms with Gasteiger partial charge in [-0.05, 0) is 18.6 Å². The lowest BCUT2D eigenvalue weighted by atomic mass is 10.2. The second-order valence-electron chi connectivity index (χ2n) is 3.61. The van der Waals surface area contributed by atoms with Gasteiger partial charge in [0.25, 0.3) is 0 Å². The van der Waals surface area contributed by atoms with Crippen LogP contribution in [0.3, 0.4) is 0 Å². The van der Waals surface area contributed by atoms with Gasteiger partial charge in [-0.2, -0.15) is 0 Å². The van der Waals surface area contributed by atoms with Crippen molar-refractivity contribution in [1.29, 1.82) is 0 Å². The van der Waals surface area contributed by atoms with Gasteiger partial charge in [-0.1, -0.05) is 6.07 Å². The van der Waals surface area contributed by atoms with Crippen molar-refractivity contribution < 1.29 is 13.2 Å². The molecular formula is C10H13NO3S. The maximum absolute atomic E-state index is 11.3. The van der Waals surface area contributed by atoms with Crippen LogP contribution in [-0.2, 0) is 21.1 Å². The number of hydrogen-bond acceptors (Lipinski definition) is 4. The molecule has 0 spiro atoms. The fraction of sp³-hybridized carbons (Fsp3) is 0.400. The minimum Gasteiger partial charge on any atom is -0.298 e. The molecule has 1 rings (SSSR count). The average Bonchev–Trinajstić information content (AvgIpc) is 2.05. The Hall–Kier alpha value is -1.23. The summed E-state index contributed by atoms with van der Waals surface area (Å²) in [7, 11) is -3.23. The number of carbonyl (C=O) groups excluding carboxylic acids is 1. The summed E-state index contributed by atoms with van der Waals surface area (Å²) in [5.74, 6) is -0.739. The number of hydrogen-bond donors (Lipinski definition) is 0. The van der Waals surface area contributed by atoms with Crippen molar-refractivity contribution in [1.82, 2.24) is 4.98 Å². The molecule has 0 aliphatic heterocycles. The van der Waals surface area contributed by atoms with E-state index in [2.05, 4.69) is 4.98 Å². The normalized spacial score (nSPS) is 11.3. The predicted octanol–water partition coefficient (Wildman–Crippen LogP) is 0.546. The highest BCUT2D eigenvalue weighted by atomic mass is 32.2. The molecule has 0 bridgehead atoms. The summed E-state index contributed by atoms with van der Waals surface area (Å²) < 4.78 is 21.7. The third kappa shape index (κ3) is 4.69. The van der Waals surface area contributed by atoms with Crippen LogP contribution in [0.15, 0.2) is 18.3 Å². The highest BCUT2D eigenvalue weighted by Crippen LogP contribution is 2.00. The maximum atomic E-state index is 11.3. The van der Waals surface area contributed by atoms with E-state index in [-0.39, 0.29) is 12.2 Å². The SMILES string of the molecule is Cc1ccc(CC(=O)CS(C)(=O)=O)nc1. The van der Waals surface area contributed by atoms with Crippen LogP contribution < -0.4 is 0 Å². The van der Waals surface area contributed by atoms with Gasteiger partial charge in [-0.3, -0.25) is 9.78 Å². The Bertz CT molecular complexity index is 448. The summed E-state index contributed by atoms with van der Waals surface area (Å²) in [6.45, 7) is 1.90. The first-order chi connectivity index (χ1) is 6.87. The number of sulfone groups is 1. The van der Waals surface area contributed by atoms with Gasteiger partial charge in [0.05, 0.1) is 0 Å². The first kappa shape index (κ1) is 11.8. The molecule has 0 atom stereocenters. The Kier molecular flexibility index (Phi) is 3.57. The minimum absolute atomic E-state index is 0.0767. The molecule has 0 aliphatic carbocycles. The average molecular weight is 227 g/mol. The fourth-order valence-corrected chi connectivity index (χ4v) is 1.84. The van der Waals surface area contributed by atoms with E-state index in [0.29, 0.717) is 5.69 Å². The molecule has 0 fully saturated rings. The van der Waals surface area contributed by atoms with Crippen LogP contribution in [0.2, 0.25) is 0 Å². The Morgan fingerprint density at radius 2 is 2.07 bits per heavy atom. The Labute approximate surface area is 89.3 Å². The number of pyridine rings is 1. The zero-order valence-electron chi connectivity index (χ0n) is 8.73. The Morgan fingerprint density at radius 1 is 1.40 bits per heavy atom. The molecule has 0 radical (unpaired) electrons. The van der Waals surface area contributed by atoms with Gasteiger partial charge in [0.1, 0.15) is 5.75 Å². The van der Waals surface area contributed by atoms with E-state index in [1.54, 1.807) is 12.3 Å². The van der Waals surface area contributed by atoms with Crippen molar-refractivity contribution in [3.05, 3.63) is 29.6 Å². The second-order valence-corrected chi connectivity index (χ2v) is 5.75. The molecule has 1 aromatic rings. The van der Waals surface area contributed by atoms with Crippen molar-refractivity contribution in [3.8, 4) is 0 Å². The molecular weight excluding hydrogens is 214 g/mol. The third-order valence-corrected chi connectivity index (χ3v) is 2.62. The van der Waals surface area contributed by atoms with E-state index in [0.717, 1.165) is 11.8 Å². The molecule has 5 heteroatoms. The van der Waals surface area contributed by atoms with Gasteiger partial charge < -0.3 is 0 Å². The van der Waals surface area contributed by atoms with Crippen LogP contribution >= 0.6 is 0 Å². The highest BCUT2D eigenvalue weighted by Gasteiger charge is 2.11. The summed E-state index contributed by atoms with van der Waals surface area (Å²) >= 11 is 0. The van der Waals surface area contributed by atoms with Gasteiger partial charge in [0, 0.05) is 24.6 Å². The van der Waals surface area contributed by atoms with Crippen molar-refractivity contribution in [2.75, 3.05) is 12.0 Å². The van der Waals surface area contributed by atoms with E-state index < -0.39 is 15.6 Å². The van der Waals surface area contributed by atoms with Gasteiger partial charge in [0.15, 0.2) is 15.6 Å². The minimum atomic E-state index is -3.23. The Morgan fingerprint density at radius 3 is 2.53 bits per heavy atom. The lowest BCUT2D eigenvalue weighted by Gasteiger charge is -1.99. The first-order valence-corrected chi connectivity index (χ1v) is 6.54. The third-order valence-electron chi connectivity index (χ3n) is 1.77.